The molecule has 1 fully saturated rings. The van der Waals surface area contributed by atoms with Gasteiger partial charge in [-0.25, -0.2) is 4.98 Å². The maximum absolute atomic E-state index is 13.8. The molecule has 0 bridgehead atoms. The number of rotatable bonds is 4. The topological polar surface area (TPSA) is 85.5 Å². The Morgan fingerprint density at radius 1 is 1.06 bits per heavy atom. The van der Waals surface area contributed by atoms with E-state index in [2.05, 4.69) is 6.08 Å². The minimum absolute atomic E-state index is 0.0310. The second-order valence-corrected chi connectivity index (χ2v) is 9.10. The summed E-state index contributed by atoms with van der Waals surface area (Å²) in [7, 11) is 1.66. The number of hydrogen-bond donors (Lipinski definition) is 1. The first-order chi connectivity index (χ1) is 16.5. The summed E-state index contributed by atoms with van der Waals surface area (Å²) in [6.45, 7) is 1.10. The van der Waals surface area contributed by atoms with Gasteiger partial charge < -0.3 is 15.4 Å². The van der Waals surface area contributed by atoms with Gasteiger partial charge in [-0.05, 0) is 73.1 Å². The van der Waals surface area contributed by atoms with E-state index in [-0.39, 0.29) is 17.7 Å². The number of piperidine rings is 1. The molecule has 1 aliphatic heterocycles. The summed E-state index contributed by atoms with van der Waals surface area (Å²) in [6, 6.07) is 15.9. The number of likely N-dealkylation sites (tertiary alicyclic amines) is 1. The number of fused-ring (bicyclic) bond motifs is 2. The number of primary amides is 1. The number of benzene rings is 2. The van der Waals surface area contributed by atoms with Gasteiger partial charge in [-0.3, -0.25) is 9.59 Å². The van der Waals surface area contributed by atoms with Crippen molar-refractivity contribution < 1.29 is 14.3 Å². The number of carbonyl (C=O) groups is 2. The van der Waals surface area contributed by atoms with Crippen molar-refractivity contribution in [1.29, 1.82) is 0 Å². The quantitative estimate of drug-likeness (QED) is 0.630. The summed E-state index contributed by atoms with van der Waals surface area (Å²) < 4.78 is 5.28. The molecule has 6 nitrogen and oxygen atoms in total. The molecule has 2 N–H and O–H groups in total. The molecule has 0 spiro atoms. The van der Waals surface area contributed by atoms with Crippen LogP contribution < -0.4 is 10.5 Å². The molecule has 0 atom stereocenters. The molecule has 2 aromatic carbocycles. The van der Waals surface area contributed by atoms with Crippen LogP contribution in [0.3, 0.4) is 0 Å². The molecule has 1 aromatic heterocycles. The van der Waals surface area contributed by atoms with Gasteiger partial charge in [0.1, 0.15) is 5.75 Å². The Labute approximate surface area is 199 Å². The fraction of sp³-hybridized carbons (Fsp3) is 0.321. The number of hydrogen-bond acceptors (Lipinski definition) is 4. The Morgan fingerprint density at radius 3 is 2.50 bits per heavy atom. The highest BCUT2D eigenvalue weighted by Crippen LogP contribution is 2.37. The first-order valence-electron chi connectivity index (χ1n) is 11.9. The second-order valence-electron chi connectivity index (χ2n) is 9.10. The van der Waals surface area contributed by atoms with E-state index in [0.717, 1.165) is 63.9 Å². The minimum Gasteiger partial charge on any atom is -0.497 e. The summed E-state index contributed by atoms with van der Waals surface area (Å²) in [4.78, 5) is 32.3. The highest BCUT2D eigenvalue weighted by atomic mass is 16.5. The average molecular weight is 456 g/mol. The lowest BCUT2D eigenvalue weighted by Gasteiger charge is -2.32. The van der Waals surface area contributed by atoms with Crippen molar-refractivity contribution in [3.05, 3.63) is 70.9 Å². The third-order valence-corrected chi connectivity index (χ3v) is 7.03. The molecule has 5 rings (SSSR count). The number of allylic oxidation sites excluding steroid dienone is 1. The van der Waals surface area contributed by atoms with Crippen molar-refractivity contribution in [3.8, 4) is 5.75 Å². The molecule has 0 radical (unpaired) electrons. The zero-order valence-corrected chi connectivity index (χ0v) is 19.4. The van der Waals surface area contributed by atoms with Crippen LogP contribution in [0.25, 0.3) is 22.6 Å². The molecule has 2 heterocycles. The minimum atomic E-state index is -0.271. The molecular weight excluding hydrogens is 426 g/mol. The highest BCUT2D eigenvalue weighted by molar-refractivity contribution is 6.09. The van der Waals surface area contributed by atoms with Gasteiger partial charge in [-0.1, -0.05) is 30.3 Å². The van der Waals surface area contributed by atoms with Gasteiger partial charge in [0.15, 0.2) is 0 Å². The Morgan fingerprint density at radius 2 is 1.79 bits per heavy atom. The SMILES string of the molecule is COc1ccc(/C=C2\CCCc3c2nc2ccccc2c3C(=O)N2CCC(C(N)=O)CC2)cc1. The molecule has 174 valence electrons. The molecule has 1 aliphatic carbocycles. The van der Waals surface area contributed by atoms with E-state index in [9.17, 15) is 9.59 Å². The van der Waals surface area contributed by atoms with Gasteiger partial charge in [0, 0.05) is 24.4 Å². The second kappa shape index (κ2) is 9.29. The summed E-state index contributed by atoms with van der Waals surface area (Å²) >= 11 is 0. The molecule has 2 amide bonds. The number of para-hydroxylation sites is 1. The van der Waals surface area contributed by atoms with Gasteiger partial charge in [-0.2, -0.15) is 0 Å². The molecule has 1 saturated heterocycles. The first kappa shape index (κ1) is 22.1. The maximum atomic E-state index is 13.8. The van der Waals surface area contributed by atoms with Crippen LogP contribution in [0.15, 0.2) is 48.5 Å². The van der Waals surface area contributed by atoms with Crippen molar-refractivity contribution >= 4 is 34.4 Å². The fourth-order valence-electron chi connectivity index (χ4n) is 5.15. The number of nitrogens with zero attached hydrogens (tertiary/aromatic N) is 2. The van der Waals surface area contributed by atoms with E-state index in [0.29, 0.717) is 25.9 Å². The van der Waals surface area contributed by atoms with Gasteiger partial charge in [-0.15, -0.1) is 0 Å². The molecular formula is C28H29N3O3. The van der Waals surface area contributed by atoms with Crippen LogP contribution in [-0.2, 0) is 11.2 Å². The predicted molar refractivity (Wildman–Crippen MR) is 133 cm³/mol. The van der Waals surface area contributed by atoms with Crippen molar-refractivity contribution in [2.24, 2.45) is 11.7 Å². The lowest BCUT2D eigenvalue weighted by molar-refractivity contribution is -0.123. The first-order valence-corrected chi connectivity index (χ1v) is 11.9. The van der Waals surface area contributed by atoms with Crippen molar-refractivity contribution in [2.45, 2.75) is 32.1 Å². The highest BCUT2D eigenvalue weighted by Gasteiger charge is 2.31. The van der Waals surface area contributed by atoms with Crippen molar-refractivity contribution in [3.63, 3.8) is 0 Å². The molecule has 34 heavy (non-hydrogen) atoms. The Hall–Kier alpha value is -3.67. The Bertz CT molecular complexity index is 1270. The van der Waals surface area contributed by atoms with Crippen LogP contribution in [0.5, 0.6) is 5.75 Å². The van der Waals surface area contributed by atoms with E-state index in [4.69, 9.17) is 15.5 Å². The van der Waals surface area contributed by atoms with Crippen LogP contribution in [0.4, 0.5) is 0 Å². The third-order valence-electron chi connectivity index (χ3n) is 7.03. The predicted octanol–water partition coefficient (Wildman–Crippen LogP) is 4.46. The fourth-order valence-corrected chi connectivity index (χ4v) is 5.15. The third kappa shape index (κ3) is 4.16. The van der Waals surface area contributed by atoms with E-state index >= 15 is 0 Å². The summed E-state index contributed by atoms with van der Waals surface area (Å²) in [5.74, 6) is 0.435. The number of methoxy groups -OCH3 is 1. The van der Waals surface area contributed by atoms with E-state index < -0.39 is 0 Å². The Kier molecular flexibility index (Phi) is 6.05. The summed E-state index contributed by atoms with van der Waals surface area (Å²) in [5, 5.41) is 0.897. The van der Waals surface area contributed by atoms with Crippen LogP contribution in [0.2, 0.25) is 0 Å². The van der Waals surface area contributed by atoms with Crippen molar-refractivity contribution in [1.82, 2.24) is 9.88 Å². The number of ether oxygens (including phenoxy) is 1. The van der Waals surface area contributed by atoms with Gasteiger partial charge in [0.2, 0.25) is 5.91 Å². The number of nitrogens with two attached hydrogens (primary N) is 1. The van der Waals surface area contributed by atoms with Crippen LogP contribution in [0.1, 0.15) is 52.9 Å². The monoisotopic (exact) mass is 455 g/mol. The van der Waals surface area contributed by atoms with Crippen LogP contribution >= 0.6 is 0 Å². The van der Waals surface area contributed by atoms with E-state index in [1.54, 1.807) is 7.11 Å². The smallest absolute Gasteiger partial charge is 0.254 e. The number of pyridine rings is 1. The van der Waals surface area contributed by atoms with Gasteiger partial charge in [0.05, 0.1) is 23.9 Å². The molecule has 0 saturated carbocycles. The molecule has 2 aliphatic rings. The lowest BCUT2D eigenvalue weighted by atomic mass is 9.85. The standard InChI is InChI=1S/C28H29N3O3/c1-34-21-11-9-18(10-12-21)17-20-5-4-7-23-25(22-6-2-3-8-24(22)30-26(20)23)28(33)31-15-13-19(14-16-31)27(29)32/h2-3,6,8-12,17,19H,4-5,7,13-16H2,1H3,(H2,29,32)/b20-17+. The molecule has 3 aromatic rings. The Balaban J connectivity index is 1.57. The van der Waals surface area contributed by atoms with Gasteiger partial charge in [0.25, 0.3) is 5.91 Å². The zero-order valence-electron chi connectivity index (χ0n) is 19.4. The largest absolute Gasteiger partial charge is 0.497 e. The molecule has 0 unspecified atom stereocenters. The lowest BCUT2D eigenvalue weighted by Crippen LogP contribution is -2.42. The van der Waals surface area contributed by atoms with Crippen LogP contribution in [-0.4, -0.2) is 41.9 Å². The number of aromatic nitrogens is 1. The van der Waals surface area contributed by atoms with E-state index in [1.165, 1.54) is 0 Å². The van der Waals surface area contributed by atoms with E-state index in [1.807, 2.05) is 53.4 Å². The number of amides is 2. The maximum Gasteiger partial charge on any atom is 0.254 e. The summed E-state index contributed by atoms with van der Waals surface area (Å²) in [6.07, 6.45) is 6.13. The van der Waals surface area contributed by atoms with Crippen molar-refractivity contribution in [2.75, 3.05) is 20.2 Å². The number of carbonyl (C=O) groups excluding carboxylic acids is 2. The average Bonchev–Trinajstić information content (AvgIpc) is 2.88. The summed E-state index contributed by atoms with van der Waals surface area (Å²) in [5.41, 5.74) is 11.3. The normalized spacial score (nSPS) is 17.6. The van der Waals surface area contributed by atoms with Crippen LogP contribution in [0, 0.1) is 5.92 Å². The van der Waals surface area contributed by atoms with Gasteiger partial charge >= 0.3 is 0 Å². The zero-order chi connectivity index (χ0) is 23.7. The molecule has 6 heteroatoms.